The van der Waals surface area contributed by atoms with E-state index in [1.165, 1.54) is 0 Å². The number of thiazole rings is 1. The van der Waals surface area contributed by atoms with Gasteiger partial charge in [-0.15, -0.1) is 11.3 Å². The van der Waals surface area contributed by atoms with Crippen molar-refractivity contribution in [1.29, 1.82) is 0 Å². The fourth-order valence-electron chi connectivity index (χ4n) is 4.20. The summed E-state index contributed by atoms with van der Waals surface area (Å²) in [7, 11) is 2.12. The van der Waals surface area contributed by atoms with Gasteiger partial charge in [0.2, 0.25) is 11.9 Å². The topological polar surface area (TPSA) is 82.4 Å². The SMILES string of the molecule is CN1CCC[C@@H](N=C2N=C(N3CCOCC3)NC(=O)C2c2nc3ccccc3s2)C1. The van der Waals surface area contributed by atoms with Crippen molar-refractivity contribution >= 4 is 39.3 Å². The van der Waals surface area contributed by atoms with Crippen LogP contribution in [0.3, 0.4) is 0 Å². The fourth-order valence-corrected chi connectivity index (χ4v) is 5.26. The van der Waals surface area contributed by atoms with E-state index >= 15 is 0 Å². The third-order valence-electron chi connectivity index (χ3n) is 5.76. The molecule has 8 nitrogen and oxygen atoms in total. The molecule has 3 aliphatic rings. The molecule has 0 spiro atoms. The summed E-state index contributed by atoms with van der Waals surface area (Å²) in [4.78, 5) is 32.2. The standard InChI is InChI=1S/C21H26N6O2S/c1-26-8-4-5-14(13-26)22-18-17(20-23-15-6-2-3-7-16(15)30-20)19(28)25-21(24-18)27-9-11-29-12-10-27/h2-3,6-7,14,17H,4-5,8-13H2,1H3,(H,22,24,25,28)/t14-,17?/m1/s1. The number of ether oxygens (including phenoxy) is 1. The molecular formula is C21H26N6O2S. The fraction of sp³-hybridized carbons (Fsp3) is 0.524. The third kappa shape index (κ3) is 3.97. The van der Waals surface area contributed by atoms with Crippen LogP contribution in [-0.2, 0) is 9.53 Å². The van der Waals surface area contributed by atoms with Crippen molar-refractivity contribution in [2.24, 2.45) is 9.98 Å². The van der Waals surface area contributed by atoms with Crippen molar-refractivity contribution in [2.75, 3.05) is 46.4 Å². The van der Waals surface area contributed by atoms with Crippen LogP contribution in [0.25, 0.3) is 10.2 Å². The van der Waals surface area contributed by atoms with E-state index in [1.807, 2.05) is 24.3 Å². The summed E-state index contributed by atoms with van der Waals surface area (Å²) in [5, 5.41) is 3.76. The van der Waals surface area contributed by atoms with Crippen LogP contribution < -0.4 is 5.32 Å². The summed E-state index contributed by atoms with van der Waals surface area (Å²) in [6, 6.07) is 8.12. The van der Waals surface area contributed by atoms with Gasteiger partial charge in [0.1, 0.15) is 16.8 Å². The zero-order valence-electron chi connectivity index (χ0n) is 17.1. The van der Waals surface area contributed by atoms with Crippen molar-refractivity contribution in [3.63, 3.8) is 0 Å². The maximum atomic E-state index is 13.3. The van der Waals surface area contributed by atoms with Gasteiger partial charge in [0.05, 0.1) is 29.5 Å². The van der Waals surface area contributed by atoms with Gasteiger partial charge in [-0.25, -0.2) is 4.98 Å². The number of piperidine rings is 1. The summed E-state index contributed by atoms with van der Waals surface area (Å²) in [6.07, 6.45) is 2.13. The number of nitrogens with one attached hydrogen (secondary N) is 1. The molecule has 0 radical (unpaired) electrons. The lowest BCUT2D eigenvalue weighted by Crippen LogP contribution is -2.53. The molecule has 3 aliphatic heterocycles. The highest BCUT2D eigenvalue weighted by molar-refractivity contribution is 7.18. The van der Waals surface area contributed by atoms with Crippen molar-refractivity contribution in [3.8, 4) is 0 Å². The Kier molecular flexibility index (Phi) is 5.49. The van der Waals surface area contributed by atoms with Gasteiger partial charge < -0.3 is 14.5 Å². The molecule has 4 heterocycles. The van der Waals surface area contributed by atoms with Crippen LogP contribution in [0.4, 0.5) is 0 Å². The quantitative estimate of drug-likeness (QED) is 0.790. The minimum Gasteiger partial charge on any atom is -0.378 e. The van der Waals surface area contributed by atoms with Crippen LogP contribution >= 0.6 is 11.3 Å². The number of likely N-dealkylation sites (tertiary alicyclic amines) is 1. The van der Waals surface area contributed by atoms with Crippen LogP contribution in [0.5, 0.6) is 0 Å². The smallest absolute Gasteiger partial charge is 0.244 e. The Morgan fingerprint density at radius 1 is 1.23 bits per heavy atom. The van der Waals surface area contributed by atoms with Crippen LogP contribution in [0.1, 0.15) is 23.8 Å². The second-order valence-electron chi connectivity index (χ2n) is 8.02. The van der Waals surface area contributed by atoms with Crippen molar-refractivity contribution in [2.45, 2.75) is 24.8 Å². The van der Waals surface area contributed by atoms with Gasteiger partial charge in [-0.05, 0) is 38.6 Å². The number of benzene rings is 1. The molecule has 1 aromatic heterocycles. The van der Waals surface area contributed by atoms with Crippen LogP contribution in [0, 0.1) is 0 Å². The highest BCUT2D eigenvalue weighted by Crippen LogP contribution is 2.31. The average Bonchev–Trinajstić information content (AvgIpc) is 3.17. The highest BCUT2D eigenvalue weighted by Gasteiger charge is 2.37. The van der Waals surface area contributed by atoms with E-state index < -0.39 is 5.92 Å². The number of likely N-dealkylation sites (N-methyl/N-ethyl adjacent to an activating group) is 1. The van der Waals surface area contributed by atoms with Crippen LogP contribution in [0.2, 0.25) is 0 Å². The van der Waals surface area contributed by atoms with E-state index in [1.54, 1.807) is 11.3 Å². The molecule has 1 unspecified atom stereocenters. The van der Waals surface area contributed by atoms with E-state index in [2.05, 4.69) is 22.2 Å². The lowest BCUT2D eigenvalue weighted by Gasteiger charge is -2.33. The summed E-state index contributed by atoms with van der Waals surface area (Å²) in [6.45, 7) is 4.67. The predicted octanol–water partition coefficient (Wildman–Crippen LogP) is 1.69. The van der Waals surface area contributed by atoms with E-state index in [0.29, 0.717) is 38.1 Å². The number of carbonyl (C=O) groups is 1. The maximum absolute atomic E-state index is 13.3. The maximum Gasteiger partial charge on any atom is 0.244 e. The van der Waals surface area contributed by atoms with Gasteiger partial charge in [0.25, 0.3) is 0 Å². The van der Waals surface area contributed by atoms with Crippen molar-refractivity contribution < 1.29 is 9.53 Å². The molecule has 1 aromatic carbocycles. The zero-order chi connectivity index (χ0) is 20.5. The van der Waals surface area contributed by atoms with Gasteiger partial charge in [0.15, 0.2) is 0 Å². The molecule has 0 aliphatic carbocycles. The summed E-state index contributed by atoms with van der Waals surface area (Å²) in [5.74, 6) is 0.496. The first-order valence-electron chi connectivity index (χ1n) is 10.5. The van der Waals surface area contributed by atoms with Crippen molar-refractivity contribution in [1.82, 2.24) is 20.1 Å². The molecule has 2 fully saturated rings. The number of aromatic nitrogens is 1. The number of para-hydroxylation sites is 1. The number of amides is 1. The second-order valence-corrected chi connectivity index (χ2v) is 9.08. The number of guanidine groups is 1. The number of amidine groups is 1. The average molecular weight is 427 g/mol. The number of morpholine rings is 1. The first-order valence-corrected chi connectivity index (χ1v) is 11.3. The monoisotopic (exact) mass is 426 g/mol. The van der Waals surface area contributed by atoms with E-state index in [9.17, 15) is 4.79 Å². The number of rotatable bonds is 2. The van der Waals surface area contributed by atoms with Gasteiger partial charge in [-0.2, -0.15) is 4.99 Å². The Hall–Kier alpha value is -2.36. The molecule has 30 heavy (non-hydrogen) atoms. The van der Waals surface area contributed by atoms with Gasteiger partial charge in [-0.1, -0.05) is 12.1 Å². The molecule has 0 saturated carbocycles. The van der Waals surface area contributed by atoms with Crippen LogP contribution in [-0.4, -0.2) is 85.0 Å². The summed E-state index contributed by atoms with van der Waals surface area (Å²) in [5.41, 5.74) is 0.907. The van der Waals surface area contributed by atoms with Gasteiger partial charge >= 0.3 is 0 Å². The number of hydrogen-bond donors (Lipinski definition) is 1. The predicted molar refractivity (Wildman–Crippen MR) is 118 cm³/mol. The summed E-state index contributed by atoms with van der Waals surface area (Å²) >= 11 is 1.54. The molecule has 158 valence electrons. The number of hydrogen-bond acceptors (Lipinski definition) is 7. The number of nitrogens with zero attached hydrogens (tertiary/aromatic N) is 5. The molecule has 2 aromatic rings. The zero-order valence-corrected chi connectivity index (χ0v) is 17.9. The van der Waals surface area contributed by atoms with E-state index in [4.69, 9.17) is 19.7 Å². The molecule has 0 bridgehead atoms. The molecular weight excluding hydrogens is 400 g/mol. The Morgan fingerprint density at radius 2 is 2.07 bits per heavy atom. The minimum atomic E-state index is -0.570. The number of aliphatic imine (C=N–C) groups is 2. The first kappa shape index (κ1) is 19.6. The Morgan fingerprint density at radius 3 is 2.87 bits per heavy atom. The first-order chi connectivity index (χ1) is 14.7. The van der Waals surface area contributed by atoms with Crippen molar-refractivity contribution in [3.05, 3.63) is 29.3 Å². The highest BCUT2D eigenvalue weighted by atomic mass is 32.1. The lowest BCUT2D eigenvalue weighted by atomic mass is 10.0. The molecule has 1 amide bonds. The second kappa shape index (κ2) is 8.41. The normalized spacial score (nSPS) is 27.4. The van der Waals surface area contributed by atoms with E-state index in [-0.39, 0.29) is 11.9 Å². The molecule has 9 heteroatoms. The van der Waals surface area contributed by atoms with Gasteiger partial charge in [0, 0.05) is 19.6 Å². The number of fused-ring (bicyclic) bond motifs is 1. The minimum absolute atomic E-state index is 0.103. The Bertz CT molecular complexity index is 963. The largest absolute Gasteiger partial charge is 0.378 e. The molecule has 1 N–H and O–H groups in total. The van der Waals surface area contributed by atoms with E-state index in [0.717, 1.165) is 41.2 Å². The Balaban J connectivity index is 1.53. The molecule has 5 rings (SSSR count). The number of carbonyl (C=O) groups excluding carboxylic acids is 1. The van der Waals surface area contributed by atoms with Crippen LogP contribution in [0.15, 0.2) is 34.3 Å². The van der Waals surface area contributed by atoms with Gasteiger partial charge in [-0.3, -0.25) is 15.1 Å². The summed E-state index contributed by atoms with van der Waals surface area (Å²) < 4.78 is 6.52. The molecule has 2 atom stereocenters. The molecule has 2 saturated heterocycles. The Labute approximate surface area is 179 Å². The lowest BCUT2D eigenvalue weighted by molar-refractivity contribution is -0.120. The third-order valence-corrected chi connectivity index (χ3v) is 6.86.